The van der Waals surface area contributed by atoms with E-state index in [2.05, 4.69) is 11.9 Å². The van der Waals surface area contributed by atoms with Crippen LogP contribution in [-0.4, -0.2) is 22.8 Å². The number of hydrogen-bond donors (Lipinski definition) is 1. The molecule has 1 rings (SSSR count). The minimum Gasteiger partial charge on any atom is -0.425 e. The van der Waals surface area contributed by atoms with Crippen molar-refractivity contribution in [3.63, 3.8) is 0 Å². The third kappa shape index (κ3) is 4.20. The monoisotopic (exact) mass is 278 g/mol. The van der Waals surface area contributed by atoms with Crippen LogP contribution in [0.2, 0.25) is 0 Å². The van der Waals surface area contributed by atoms with Crippen LogP contribution in [0, 0.1) is 10.1 Å². The van der Waals surface area contributed by atoms with E-state index >= 15 is 0 Å². The number of benzene rings is 1. The number of hydrogen-bond acceptors (Lipinski definition) is 5. The van der Waals surface area contributed by atoms with Gasteiger partial charge in [0.2, 0.25) is 5.91 Å². The van der Waals surface area contributed by atoms with E-state index in [1.54, 1.807) is 0 Å². The van der Waals surface area contributed by atoms with Gasteiger partial charge in [0.25, 0.3) is 5.69 Å². The third-order valence-corrected chi connectivity index (χ3v) is 2.35. The van der Waals surface area contributed by atoms with Crippen molar-refractivity contribution in [1.29, 1.82) is 0 Å². The highest BCUT2D eigenvalue weighted by atomic mass is 16.6. The molecule has 1 N–H and O–H groups in total. The number of carbonyl (C=O) groups excluding carboxylic acids is 2. The SMILES string of the molecule is C=C(C)C(=O)NC(C)C(=O)Oc1ccc([N+](=O)[O-])cc1. The van der Waals surface area contributed by atoms with Crippen molar-refractivity contribution >= 4 is 17.6 Å². The molecular weight excluding hydrogens is 264 g/mol. The molecule has 106 valence electrons. The van der Waals surface area contributed by atoms with Gasteiger partial charge in [0.05, 0.1) is 4.92 Å². The van der Waals surface area contributed by atoms with Gasteiger partial charge in [-0.25, -0.2) is 4.79 Å². The van der Waals surface area contributed by atoms with Crippen LogP contribution >= 0.6 is 0 Å². The van der Waals surface area contributed by atoms with Crippen molar-refractivity contribution in [2.75, 3.05) is 0 Å². The summed E-state index contributed by atoms with van der Waals surface area (Å²) >= 11 is 0. The topological polar surface area (TPSA) is 98.5 Å². The van der Waals surface area contributed by atoms with E-state index in [0.717, 1.165) is 0 Å². The van der Waals surface area contributed by atoms with E-state index in [-0.39, 0.29) is 17.0 Å². The Balaban J connectivity index is 2.63. The maximum Gasteiger partial charge on any atom is 0.333 e. The molecule has 0 spiro atoms. The predicted octanol–water partition coefficient (Wildman–Crippen LogP) is 1.58. The van der Waals surface area contributed by atoms with Crippen LogP contribution in [0.5, 0.6) is 5.75 Å². The Bertz CT molecular complexity index is 550. The van der Waals surface area contributed by atoms with Gasteiger partial charge in [-0.15, -0.1) is 0 Å². The summed E-state index contributed by atoms with van der Waals surface area (Å²) in [7, 11) is 0. The molecule has 0 saturated carbocycles. The third-order valence-electron chi connectivity index (χ3n) is 2.35. The molecule has 0 heterocycles. The van der Waals surface area contributed by atoms with Crippen LogP contribution in [0.1, 0.15) is 13.8 Å². The van der Waals surface area contributed by atoms with Crippen molar-refractivity contribution in [3.05, 3.63) is 46.5 Å². The van der Waals surface area contributed by atoms with Crippen molar-refractivity contribution in [2.24, 2.45) is 0 Å². The lowest BCUT2D eigenvalue weighted by atomic mass is 10.2. The van der Waals surface area contributed by atoms with E-state index in [0.29, 0.717) is 0 Å². The molecule has 7 nitrogen and oxygen atoms in total. The number of nitro benzene ring substituents is 1. The average molecular weight is 278 g/mol. The first-order chi connectivity index (χ1) is 9.31. The lowest BCUT2D eigenvalue weighted by Crippen LogP contribution is -2.40. The molecule has 1 aromatic carbocycles. The molecule has 0 aromatic heterocycles. The number of rotatable bonds is 5. The van der Waals surface area contributed by atoms with Gasteiger partial charge in [-0.05, 0) is 26.0 Å². The molecule has 1 amide bonds. The number of nitro groups is 1. The van der Waals surface area contributed by atoms with E-state index < -0.39 is 22.8 Å². The predicted molar refractivity (Wildman–Crippen MR) is 71.2 cm³/mol. The standard InChI is InChI=1S/C13H14N2O5/c1-8(2)12(16)14-9(3)13(17)20-11-6-4-10(5-7-11)15(18)19/h4-7,9H,1H2,2-3H3,(H,14,16). The number of esters is 1. The van der Waals surface area contributed by atoms with Crippen LogP contribution in [0.25, 0.3) is 0 Å². The van der Waals surface area contributed by atoms with E-state index in [1.807, 2.05) is 0 Å². The van der Waals surface area contributed by atoms with Gasteiger partial charge >= 0.3 is 5.97 Å². The Labute approximate surface area is 115 Å². The molecule has 0 aliphatic rings. The number of ether oxygens (including phenoxy) is 1. The summed E-state index contributed by atoms with van der Waals surface area (Å²) in [5, 5.41) is 12.9. The summed E-state index contributed by atoms with van der Waals surface area (Å²) in [4.78, 5) is 32.9. The number of amides is 1. The maximum absolute atomic E-state index is 11.7. The number of carbonyl (C=O) groups is 2. The van der Waals surface area contributed by atoms with Gasteiger partial charge in [0.15, 0.2) is 0 Å². The molecule has 0 radical (unpaired) electrons. The van der Waals surface area contributed by atoms with Crippen molar-refractivity contribution in [1.82, 2.24) is 5.32 Å². The van der Waals surface area contributed by atoms with Gasteiger partial charge in [-0.3, -0.25) is 14.9 Å². The second-order valence-electron chi connectivity index (χ2n) is 4.15. The number of non-ortho nitro benzene ring substituents is 1. The second kappa shape index (κ2) is 6.46. The van der Waals surface area contributed by atoms with Gasteiger partial charge in [0, 0.05) is 17.7 Å². The molecule has 0 saturated heterocycles. The lowest BCUT2D eigenvalue weighted by Gasteiger charge is -2.12. The average Bonchev–Trinajstić information content (AvgIpc) is 2.38. The fourth-order valence-electron chi connectivity index (χ4n) is 1.22. The maximum atomic E-state index is 11.7. The number of nitrogens with zero attached hydrogens (tertiary/aromatic N) is 1. The van der Waals surface area contributed by atoms with Gasteiger partial charge in [-0.2, -0.15) is 0 Å². The van der Waals surface area contributed by atoms with Gasteiger partial charge in [-0.1, -0.05) is 6.58 Å². The van der Waals surface area contributed by atoms with Crippen LogP contribution < -0.4 is 10.1 Å². The zero-order chi connectivity index (χ0) is 15.3. The van der Waals surface area contributed by atoms with Gasteiger partial charge < -0.3 is 10.1 Å². The zero-order valence-corrected chi connectivity index (χ0v) is 11.1. The largest absolute Gasteiger partial charge is 0.425 e. The summed E-state index contributed by atoms with van der Waals surface area (Å²) in [5.74, 6) is -0.955. The first-order valence-electron chi connectivity index (χ1n) is 5.73. The van der Waals surface area contributed by atoms with Gasteiger partial charge in [0.1, 0.15) is 11.8 Å². The summed E-state index contributed by atoms with van der Waals surface area (Å²) in [6, 6.07) is 4.21. The summed E-state index contributed by atoms with van der Waals surface area (Å²) in [6.07, 6.45) is 0. The van der Waals surface area contributed by atoms with Crippen LogP contribution in [0.3, 0.4) is 0 Å². The molecule has 0 aliphatic heterocycles. The highest BCUT2D eigenvalue weighted by Crippen LogP contribution is 2.17. The fourth-order valence-corrected chi connectivity index (χ4v) is 1.22. The molecule has 1 aromatic rings. The Morgan fingerprint density at radius 2 is 1.90 bits per heavy atom. The second-order valence-corrected chi connectivity index (χ2v) is 4.15. The van der Waals surface area contributed by atoms with E-state index in [1.165, 1.54) is 38.1 Å². The minimum absolute atomic E-state index is 0.103. The molecule has 0 bridgehead atoms. The fraction of sp³-hybridized carbons (Fsp3) is 0.231. The van der Waals surface area contributed by atoms with Crippen LogP contribution in [0.15, 0.2) is 36.4 Å². The first kappa shape index (κ1) is 15.4. The minimum atomic E-state index is -0.852. The smallest absolute Gasteiger partial charge is 0.333 e. The molecular formula is C13H14N2O5. The molecule has 1 atom stereocenters. The van der Waals surface area contributed by atoms with Crippen molar-refractivity contribution < 1.29 is 19.2 Å². The Kier molecular flexibility index (Phi) is 4.96. The first-order valence-corrected chi connectivity index (χ1v) is 5.73. The molecule has 0 aliphatic carbocycles. The molecule has 7 heteroatoms. The van der Waals surface area contributed by atoms with Crippen molar-refractivity contribution in [3.8, 4) is 5.75 Å². The van der Waals surface area contributed by atoms with E-state index in [4.69, 9.17) is 4.74 Å². The van der Waals surface area contributed by atoms with Crippen LogP contribution in [0.4, 0.5) is 5.69 Å². The normalized spacial score (nSPS) is 11.3. The molecule has 0 fully saturated rings. The molecule has 1 unspecified atom stereocenters. The summed E-state index contributed by atoms with van der Waals surface area (Å²) in [6.45, 7) is 6.43. The highest BCUT2D eigenvalue weighted by Gasteiger charge is 2.18. The lowest BCUT2D eigenvalue weighted by molar-refractivity contribution is -0.384. The summed E-state index contributed by atoms with van der Waals surface area (Å²) < 4.78 is 4.99. The Hall–Kier alpha value is -2.70. The quantitative estimate of drug-likeness (QED) is 0.290. The van der Waals surface area contributed by atoms with Crippen LogP contribution in [-0.2, 0) is 9.59 Å². The summed E-state index contributed by atoms with van der Waals surface area (Å²) in [5.41, 5.74) is 0.174. The molecule has 20 heavy (non-hydrogen) atoms. The highest BCUT2D eigenvalue weighted by molar-refractivity contribution is 5.95. The zero-order valence-electron chi connectivity index (χ0n) is 11.1. The van der Waals surface area contributed by atoms with Crippen molar-refractivity contribution in [2.45, 2.75) is 19.9 Å². The van der Waals surface area contributed by atoms with E-state index in [9.17, 15) is 19.7 Å². The Morgan fingerprint density at radius 3 is 2.35 bits per heavy atom. The Morgan fingerprint density at radius 1 is 1.35 bits per heavy atom. The number of nitrogens with one attached hydrogen (secondary N) is 1.